The second-order valence-electron chi connectivity index (χ2n) is 1.48. The molecule has 0 heterocycles. The van der Waals surface area contributed by atoms with Crippen LogP contribution in [0.5, 0.6) is 0 Å². The van der Waals surface area contributed by atoms with Gasteiger partial charge in [0.25, 0.3) is 0 Å². The van der Waals surface area contributed by atoms with Crippen LogP contribution < -0.4 is 0 Å². The standard InChI is InChI=1S/C6H13O.H2O.Y/c1-3-4-5-6-7-2;;/h4H,3,5-6H2,1-2H3;1H2;/q-1;;. The summed E-state index contributed by atoms with van der Waals surface area (Å²) in [5.74, 6) is 0. The minimum atomic E-state index is 0. The first-order chi connectivity index (χ1) is 3.41. The number of ether oxygens (including phenoxy) is 1. The molecule has 55 valence electrons. The zero-order valence-corrected chi connectivity index (χ0v) is 9.02. The molecule has 0 aliphatic rings. The van der Waals surface area contributed by atoms with Crippen LogP contribution in [0, 0.1) is 6.42 Å². The summed E-state index contributed by atoms with van der Waals surface area (Å²) in [7, 11) is 1.73. The zero-order valence-electron chi connectivity index (χ0n) is 6.18. The van der Waals surface area contributed by atoms with Crippen molar-refractivity contribution >= 4 is 0 Å². The molecule has 0 unspecified atom stereocenters. The van der Waals surface area contributed by atoms with E-state index in [1.54, 1.807) is 7.11 Å². The van der Waals surface area contributed by atoms with Crippen molar-refractivity contribution in [3.63, 3.8) is 0 Å². The molecular weight excluding hydrogens is 193 g/mol. The molecule has 0 saturated carbocycles. The number of hydrogen-bond acceptors (Lipinski definition) is 1. The Balaban J connectivity index is -0.000000180. The molecule has 0 aliphatic carbocycles. The van der Waals surface area contributed by atoms with Crippen molar-refractivity contribution < 1.29 is 42.9 Å². The molecule has 0 amide bonds. The topological polar surface area (TPSA) is 40.7 Å². The molecule has 0 bridgehead atoms. The van der Waals surface area contributed by atoms with Gasteiger partial charge in [0.2, 0.25) is 0 Å². The smallest absolute Gasteiger partial charge is 0.0353 e. The van der Waals surface area contributed by atoms with Crippen molar-refractivity contribution in [3.05, 3.63) is 6.42 Å². The van der Waals surface area contributed by atoms with Gasteiger partial charge in [-0.05, 0) is 0 Å². The van der Waals surface area contributed by atoms with E-state index < -0.39 is 0 Å². The van der Waals surface area contributed by atoms with Gasteiger partial charge < -0.3 is 16.6 Å². The minimum absolute atomic E-state index is 0. The average molecular weight is 208 g/mol. The molecule has 0 atom stereocenters. The number of unbranched alkanes of at least 4 members (excludes halogenated alkanes) is 2. The van der Waals surface area contributed by atoms with Crippen LogP contribution in [0.3, 0.4) is 0 Å². The van der Waals surface area contributed by atoms with E-state index in [2.05, 4.69) is 13.3 Å². The molecule has 0 aromatic heterocycles. The molecule has 3 heteroatoms. The molecule has 1 radical (unpaired) electrons. The van der Waals surface area contributed by atoms with E-state index in [0.717, 1.165) is 19.4 Å². The Morgan fingerprint density at radius 1 is 1.44 bits per heavy atom. The normalized spacial score (nSPS) is 7.33. The summed E-state index contributed by atoms with van der Waals surface area (Å²) in [5, 5.41) is 0. The zero-order chi connectivity index (χ0) is 5.54. The first kappa shape index (κ1) is 16.5. The Kier molecular flexibility index (Phi) is 29.4. The van der Waals surface area contributed by atoms with E-state index >= 15 is 0 Å². The quantitative estimate of drug-likeness (QED) is 0.497. The summed E-state index contributed by atoms with van der Waals surface area (Å²) in [6.45, 7) is 3.00. The molecular formula is C6H15O2Y-. The van der Waals surface area contributed by atoms with E-state index in [1.165, 1.54) is 0 Å². The Morgan fingerprint density at radius 3 is 2.33 bits per heavy atom. The second kappa shape index (κ2) is 16.0. The van der Waals surface area contributed by atoms with E-state index in [-0.39, 0.29) is 38.2 Å². The fraction of sp³-hybridized carbons (Fsp3) is 0.833. The van der Waals surface area contributed by atoms with Crippen LogP contribution in [-0.2, 0) is 37.4 Å². The van der Waals surface area contributed by atoms with Crippen molar-refractivity contribution in [1.29, 1.82) is 0 Å². The summed E-state index contributed by atoms with van der Waals surface area (Å²) in [5.41, 5.74) is 0. The number of rotatable bonds is 4. The Labute approximate surface area is 82.5 Å². The fourth-order valence-electron chi connectivity index (χ4n) is 0.405. The van der Waals surface area contributed by atoms with E-state index in [1.807, 2.05) is 0 Å². The van der Waals surface area contributed by atoms with Crippen LogP contribution in [0.25, 0.3) is 0 Å². The van der Waals surface area contributed by atoms with Gasteiger partial charge in [-0.15, -0.1) is 0 Å². The monoisotopic (exact) mass is 208 g/mol. The largest absolute Gasteiger partial charge is 0.412 e. The second-order valence-corrected chi connectivity index (χ2v) is 1.48. The Morgan fingerprint density at radius 2 is 2.00 bits per heavy atom. The first-order valence-corrected chi connectivity index (χ1v) is 2.72. The van der Waals surface area contributed by atoms with Gasteiger partial charge in [0, 0.05) is 46.4 Å². The molecule has 0 spiro atoms. The van der Waals surface area contributed by atoms with Crippen molar-refractivity contribution in [2.75, 3.05) is 13.7 Å². The maximum absolute atomic E-state index is 4.81. The van der Waals surface area contributed by atoms with Crippen molar-refractivity contribution in [1.82, 2.24) is 0 Å². The van der Waals surface area contributed by atoms with Gasteiger partial charge in [0.15, 0.2) is 0 Å². The third-order valence-corrected chi connectivity index (χ3v) is 0.815. The van der Waals surface area contributed by atoms with Crippen molar-refractivity contribution in [3.8, 4) is 0 Å². The molecule has 0 saturated heterocycles. The molecule has 0 aliphatic heterocycles. The van der Waals surface area contributed by atoms with Crippen LogP contribution in [0.4, 0.5) is 0 Å². The minimum Gasteiger partial charge on any atom is -0.412 e. The molecule has 9 heavy (non-hydrogen) atoms. The van der Waals surface area contributed by atoms with E-state index in [9.17, 15) is 0 Å². The third-order valence-electron chi connectivity index (χ3n) is 0.815. The molecule has 2 N–H and O–H groups in total. The van der Waals surface area contributed by atoms with Crippen LogP contribution >= 0.6 is 0 Å². The van der Waals surface area contributed by atoms with Gasteiger partial charge in [0.05, 0.1) is 0 Å². The van der Waals surface area contributed by atoms with Crippen molar-refractivity contribution in [2.45, 2.75) is 19.8 Å². The van der Waals surface area contributed by atoms with E-state index in [4.69, 9.17) is 4.74 Å². The van der Waals surface area contributed by atoms with Gasteiger partial charge in [-0.25, -0.2) is 0 Å². The molecule has 0 aromatic carbocycles. The maximum atomic E-state index is 4.81. The molecule has 0 aromatic rings. The summed E-state index contributed by atoms with van der Waals surface area (Å²) in [4.78, 5) is 0. The van der Waals surface area contributed by atoms with Crippen LogP contribution in [0.1, 0.15) is 19.8 Å². The Hall–Kier alpha value is 1.02. The van der Waals surface area contributed by atoms with Gasteiger partial charge in [-0.2, -0.15) is 12.8 Å². The van der Waals surface area contributed by atoms with Gasteiger partial charge in [-0.1, -0.05) is 6.92 Å². The predicted octanol–water partition coefficient (Wildman–Crippen LogP) is 0.810. The van der Waals surface area contributed by atoms with E-state index in [0.29, 0.717) is 0 Å². The average Bonchev–Trinajstić information content (AvgIpc) is 1.69. The molecule has 2 nitrogen and oxygen atoms in total. The van der Waals surface area contributed by atoms with Crippen LogP contribution in [-0.4, -0.2) is 19.2 Å². The van der Waals surface area contributed by atoms with Gasteiger partial charge in [0.1, 0.15) is 0 Å². The SMILES string of the molecule is CC[CH-]CCOC.O.[Y]. The van der Waals surface area contributed by atoms with Gasteiger partial charge >= 0.3 is 0 Å². The Bertz CT molecular complexity index is 30.2. The molecule has 0 fully saturated rings. The fourth-order valence-corrected chi connectivity index (χ4v) is 0.405. The number of methoxy groups -OCH3 is 1. The third kappa shape index (κ3) is 17.6. The summed E-state index contributed by atoms with van der Waals surface area (Å²) >= 11 is 0. The van der Waals surface area contributed by atoms with Crippen LogP contribution in [0.15, 0.2) is 0 Å². The summed E-state index contributed by atoms with van der Waals surface area (Å²) in [6, 6.07) is 0. The van der Waals surface area contributed by atoms with Crippen molar-refractivity contribution in [2.24, 2.45) is 0 Å². The van der Waals surface area contributed by atoms with Gasteiger partial charge in [-0.3, -0.25) is 0 Å². The molecule has 0 rings (SSSR count). The summed E-state index contributed by atoms with van der Waals surface area (Å²) < 4.78 is 4.81. The maximum Gasteiger partial charge on any atom is 0.0353 e. The first-order valence-electron chi connectivity index (χ1n) is 2.72. The van der Waals surface area contributed by atoms with Crippen LogP contribution in [0.2, 0.25) is 0 Å². The number of hydrogen-bond donors (Lipinski definition) is 0. The summed E-state index contributed by atoms with van der Waals surface area (Å²) in [6.07, 6.45) is 4.46. The predicted molar refractivity (Wildman–Crippen MR) is 34.7 cm³/mol.